The molecule has 0 unspecified atom stereocenters. The molecular formula is C21H28N4O. The van der Waals surface area contributed by atoms with Gasteiger partial charge in [-0.05, 0) is 44.9 Å². The molecule has 0 atom stereocenters. The van der Waals surface area contributed by atoms with Crippen LogP contribution in [0.4, 0.5) is 5.82 Å². The van der Waals surface area contributed by atoms with Crippen LogP contribution in [0.1, 0.15) is 56.6 Å². The summed E-state index contributed by atoms with van der Waals surface area (Å²) < 4.78 is 1.87. The van der Waals surface area contributed by atoms with Crippen LogP contribution < -0.4 is 5.32 Å². The molecule has 5 nitrogen and oxygen atoms in total. The SMILES string of the molecule is CN(CC(=O)Nc1cc(C2CC2)nn1-c1ccccc1)C1CCCCC1. The van der Waals surface area contributed by atoms with E-state index >= 15 is 0 Å². The summed E-state index contributed by atoms with van der Waals surface area (Å²) in [7, 11) is 2.07. The molecule has 2 aliphatic rings. The highest BCUT2D eigenvalue weighted by molar-refractivity contribution is 5.91. The Labute approximate surface area is 155 Å². The third kappa shape index (κ3) is 3.98. The van der Waals surface area contributed by atoms with Crippen LogP contribution in [-0.4, -0.2) is 40.2 Å². The van der Waals surface area contributed by atoms with Crippen LogP contribution in [-0.2, 0) is 4.79 Å². The van der Waals surface area contributed by atoms with Gasteiger partial charge in [0, 0.05) is 18.0 Å². The van der Waals surface area contributed by atoms with Crippen molar-refractivity contribution in [3.63, 3.8) is 0 Å². The van der Waals surface area contributed by atoms with Gasteiger partial charge in [-0.1, -0.05) is 37.5 Å². The maximum atomic E-state index is 12.6. The van der Waals surface area contributed by atoms with E-state index in [1.165, 1.54) is 44.9 Å². The molecule has 2 aliphatic carbocycles. The van der Waals surface area contributed by atoms with Crippen molar-refractivity contribution >= 4 is 11.7 Å². The van der Waals surface area contributed by atoms with E-state index in [1.54, 1.807) is 0 Å². The van der Waals surface area contributed by atoms with Crippen LogP contribution >= 0.6 is 0 Å². The third-order valence-electron chi connectivity index (χ3n) is 5.58. The predicted octanol–water partition coefficient (Wildman–Crippen LogP) is 3.95. The van der Waals surface area contributed by atoms with E-state index in [-0.39, 0.29) is 5.91 Å². The minimum Gasteiger partial charge on any atom is -0.309 e. The minimum atomic E-state index is 0.0394. The number of rotatable bonds is 6. The number of anilines is 1. The Bertz CT molecular complexity index is 745. The fraction of sp³-hybridized carbons (Fsp3) is 0.524. The van der Waals surface area contributed by atoms with Crippen LogP contribution in [0.5, 0.6) is 0 Å². The van der Waals surface area contributed by atoms with Crippen molar-refractivity contribution in [2.45, 2.75) is 56.9 Å². The zero-order valence-corrected chi connectivity index (χ0v) is 15.5. The maximum Gasteiger partial charge on any atom is 0.239 e. The lowest BCUT2D eigenvalue weighted by Gasteiger charge is -2.30. The van der Waals surface area contributed by atoms with Crippen molar-refractivity contribution in [1.82, 2.24) is 14.7 Å². The molecule has 0 aliphatic heterocycles. The standard InChI is InChI=1S/C21H28N4O/c1-24(17-8-4-2-5-9-17)15-21(26)22-20-14-19(16-12-13-16)23-25(20)18-10-6-3-7-11-18/h3,6-7,10-11,14,16-17H,2,4-5,8-9,12-13,15H2,1H3,(H,22,26). The van der Waals surface area contributed by atoms with Gasteiger partial charge in [0.15, 0.2) is 0 Å². The van der Waals surface area contributed by atoms with Crippen LogP contribution in [0.2, 0.25) is 0 Å². The fourth-order valence-corrected chi connectivity index (χ4v) is 3.89. The first-order chi connectivity index (χ1) is 12.7. The summed E-state index contributed by atoms with van der Waals surface area (Å²) in [6.07, 6.45) is 8.70. The first kappa shape index (κ1) is 17.3. The van der Waals surface area contributed by atoms with Crippen molar-refractivity contribution in [1.29, 1.82) is 0 Å². The molecule has 2 saturated carbocycles. The van der Waals surface area contributed by atoms with Crippen LogP contribution in [0.3, 0.4) is 0 Å². The number of nitrogens with zero attached hydrogens (tertiary/aromatic N) is 3. The van der Waals surface area contributed by atoms with E-state index in [2.05, 4.69) is 17.3 Å². The average Bonchev–Trinajstić information content (AvgIpc) is 3.44. The Morgan fingerprint density at radius 3 is 2.58 bits per heavy atom. The van der Waals surface area contributed by atoms with Gasteiger partial charge in [-0.2, -0.15) is 5.10 Å². The summed E-state index contributed by atoms with van der Waals surface area (Å²) in [6, 6.07) is 12.6. The molecule has 5 heteroatoms. The molecule has 1 aromatic carbocycles. The first-order valence-electron chi connectivity index (χ1n) is 9.86. The summed E-state index contributed by atoms with van der Waals surface area (Å²) in [5, 5.41) is 7.85. The number of hydrogen-bond acceptors (Lipinski definition) is 3. The topological polar surface area (TPSA) is 50.2 Å². The maximum absolute atomic E-state index is 12.6. The fourth-order valence-electron chi connectivity index (χ4n) is 3.89. The summed E-state index contributed by atoms with van der Waals surface area (Å²) in [4.78, 5) is 14.9. The Hall–Kier alpha value is -2.14. The van der Waals surface area contributed by atoms with Crippen molar-refractivity contribution in [2.24, 2.45) is 0 Å². The Kier molecular flexibility index (Phi) is 5.07. The van der Waals surface area contributed by atoms with Crippen molar-refractivity contribution in [3.8, 4) is 5.69 Å². The van der Waals surface area contributed by atoms with Gasteiger partial charge in [-0.15, -0.1) is 0 Å². The highest BCUT2D eigenvalue weighted by Crippen LogP contribution is 2.40. The zero-order valence-electron chi connectivity index (χ0n) is 15.5. The highest BCUT2D eigenvalue weighted by Gasteiger charge is 2.28. The average molecular weight is 352 g/mol. The van der Waals surface area contributed by atoms with Crippen LogP contribution in [0.15, 0.2) is 36.4 Å². The predicted molar refractivity (Wildman–Crippen MR) is 104 cm³/mol. The molecule has 1 aromatic heterocycles. The second-order valence-electron chi connectivity index (χ2n) is 7.73. The minimum absolute atomic E-state index is 0.0394. The first-order valence-corrected chi connectivity index (χ1v) is 9.86. The second-order valence-corrected chi connectivity index (χ2v) is 7.73. The smallest absolute Gasteiger partial charge is 0.239 e. The highest BCUT2D eigenvalue weighted by atomic mass is 16.2. The number of carbonyl (C=O) groups is 1. The van der Waals surface area contributed by atoms with Gasteiger partial charge in [0.05, 0.1) is 17.9 Å². The lowest BCUT2D eigenvalue weighted by Crippen LogP contribution is -2.39. The Morgan fingerprint density at radius 2 is 1.88 bits per heavy atom. The van der Waals surface area contributed by atoms with Gasteiger partial charge in [0.25, 0.3) is 0 Å². The lowest BCUT2D eigenvalue weighted by molar-refractivity contribution is -0.117. The number of aromatic nitrogens is 2. The number of hydrogen-bond donors (Lipinski definition) is 1. The summed E-state index contributed by atoms with van der Waals surface area (Å²) in [5.41, 5.74) is 2.07. The van der Waals surface area contributed by atoms with Gasteiger partial charge in [0.2, 0.25) is 5.91 Å². The molecule has 1 N–H and O–H groups in total. The van der Waals surface area contributed by atoms with Gasteiger partial charge in [-0.25, -0.2) is 4.68 Å². The van der Waals surface area contributed by atoms with Crippen LogP contribution in [0.25, 0.3) is 5.69 Å². The van der Waals surface area contributed by atoms with E-state index < -0.39 is 0 Å². The van der Waals surface area contributed by atoms with E-state index in [4.69, 9.17) is 5.10 Å². The van der Waals surface area contributed by atoms with E-state index in [0.29, 0.717) is 18.5 Å². The molecule has 0 spiro atoms. The molecule has 4 rings (SSSR count). The number of benzene rings is 1. The number of carbonyl (C=O) groups excluding carboxylic acids is 1. The molecule has 1 amide bonds. The van der Waals surface area contributed by atoms with Crippen LogP contribution in [0, 0.1) is 0 Å². The third-order valence-corrected chi connectivity index (χ3v) is 5.58. The lowest BCUT2D eigenvalue weighted by atomic mass is 9.94. The number of amides is 1. The van der Waals surface area contributed by atoms with Gasteiger partial charge in [-0.3, -0.25) is 9.69 Å². The molecule has 0 bridgehead atoms. The zero-order chi connectivity index (χ0) is 17.9. The second kappa shape index (κ2) is 7.62. The summed E-state index contributed by atoms with van der Waals surface area (Å²) >= 11 is 0. The molecule has 0 saturated heterocycles. The summed E-state index contributed by atoms with van der Waals surface area (Å²) in [5.74, 6) is 1.37. The molecule has 1 heterocycles. The van der Waals surface area contributed by atoms with Gasteiger partial charge in [0.1, 0.15) is 5.82 Å². The number of nitrogens with one attached hydrogen (secondary N) is 1. The molecule has 0 radical (unpaired) electrons. The molecule has 26 heavy (non-hydrogen) atoms. The van der Waals surface area contributed by atoms with E-state index in [9.17, 15) is 4.79 Å². The van der Waals surface area contributed by atoms with E-state index in [1.807, 2.05) is 41.1 Å². The monoisotopic (exact) mass is 352 g/mol. The molecule has 2 fully saturated rings. The van der Waals surface area contributed by atoms with E-state index in [0.717, 1.165) is 17.2 Å². The van der Waals surface area contributed by atoms with Gasteiger partial charge < -0.3 is 5.32 Å². The largest absolute Gasteiger partial charge is 0.309 e. The normalized spacial score (nSPS) is 18.2. The quantitative estimate of drug-likeness (QED) is 0.856. The van der Waals surface area contributed by atoms with Crippen molar-refractivity contribution in [2.75, 3.05) is 18.9 Å². The van der Waals surface area contributed by atoms with Crippen molar-refractivity contribution < 1.29 is 4.79 Å². The van der Waals surface area contributed by atoms with Crippen molar-refractivity contribution in [3.05, 3.63) is 42.1 Å². The number of para-hydroxylation sites is 1. The Balaban J connectivity index is 1.47. The summed E-state index contributed by atoms with van der Waals surface area (Å²) in [6.45, 7) is 0.434. The molecule has 2 aromatic rings. The van der Waals surface area contributed by atoms with Gasteiger partial charge >= 0.3 is 0 Å². The Morgan fingerprint density at radius 1 is 1.15 bits per heavy atom. The number of likely N-dealkylation sites (N-methyl/N-ethyl adjacent to an activating group) is 1. The molecular weight excluding hydrogens is 324 g/mol. The molecule has 138 valence electrons.